The number of halogens is 4. The smallest absolute Gasteiger partial charge is 0.418 e. The molecule has 0 amide bonds. The quantitative estimate of drug-likeness (QED) is 0.372. The molecule has 0 heterocycles. The summed E-state index contributed by atoms with van der Waals surface area (Å²) in [4.78, 5) is 0. The third-order valence-corrected chi connectivity index (χ3v) is 0. The maximum Gasteiger partial charge on any atom is 1.00 e. The van der Waals surface area contributed by atoms with Gasteiger partial charge >= 0.3 is 24.3 Å². The molecule has 50 valence electrons. The molecule has 0 spiro atoms. The summed E-state index contributed by atoms with van der Waals surface area (Å²) < 4.78 is 39.0. The first-order chi connectivity index (χ1) is 2.00. The van der Waals surface area contributed by atoms with E-state index in [0.29, 0.717) is 0 Å². The van der Waals surface area contributed by atoms with Crippen molar-refractivity contribution in [3.8, 4) is 0 Å². The molecule has 2 N–H and O–H groups in total. The van der Waals surface area contributed by atoms with Crippen LogP contribution in [-0.2, 0) is 17.1 Å². The summed E-state index contributed by atoms with van der Waals surface area (Å²) in [5, 5.41) is 0. The second kappa shape index (κ2) is 4.42. The molecule has 0 saturated heterocycles. The molecule has 0 fully saturated rings. The van der Waals surface area contributed by atoms with Crippen molar-refractivity contribution in [2.24, 2.45) is 0 Å². The zero-order valence-corrected chi connectivity index (χ0v) is 3.83. The molecule has 0 aliphatic carbocycles. The minimum absolute atomic E-state index is 0. The van der Waals surface area contributed by atoms with Gasteiger partial charge in [0.15, 0.2) is 0 Å². The second-order valence-electron chi connectivity index (χ2n) is 0.495. The Morgan fingerprint density at radius 2 is 0.857 bits per heavy atom. The van der Waals surface area contributed by atoms with Gasteiger partial charge in [-0.3, -0.25) is 0 Å². The van der Waals surface area contributed by atoms with Crippen LogP contribution >= 0.6 is 0 Å². The Hall–Kier alpha value is 0.264. The van der Waals surface area contributed by atoms with Crippen molar-refractivity contribution in [2.75, 3.05) is 0 Å². The first-order valence-corrected chi connectivity index (χ1v) is 0.873. The van der Waals surface area contributed by atoms with E-state index < -0.39 is 7.25 Å². The first kappa shape index (κ1) is 15.7. The van der Waals surface area contributed by atoms with Crippen LogP contribution in [0.2, 0.25) is 0 Å². The molecule has 1 nitrogen and oxygen atoms in total. The largest absolute Gasteiger partial charge is 1.00 e. The van der Waals surface area contributed by atoms with Gasteiger partial charge in [-0.1, -0.05) is 0 Å². The Balaban J connectivity index is -0.0000000800. The van der Waals surface area contributed by atoms with Crippen LogP contribution in [0.1, 0.15) is 0 Å². The van der Waals surface area contributed by atoms with E-state index >= 15 is 0 Å². The molecule has 0 unspecified atom stereocenters. The summed E-state index contributed by atoms with van der Waals surface area (Å²) in [7, 11) is -6.00. The van der Waals surface area contributed by atoms with E-state index in [0.717, 1.165) is 0 Å². The van der Waals surface area contributed by atoms with Crippen LogP contribution in [0, 0.1) is 0 Å². The standard InChI is InChI=1S/BF4.Cu.H2O/c2-1(3,4)5;;/h;;1H2/q-1;+1;. The molecular weight excluding hydrogens is 166 g/mol. The van der Waals surface area contributed by atoms with E-state index in [1.165, 1.54) is 0 Å². The monoisotopic (exact) mass is 168 g/mol. The zero-order chi connectivity index (χ0) is 4.50. The number of hydrogen-bond acceptors (Lipinski definition) is 0. The Morgan fingerprint density at radius 3 is 0.857 bits per heavy atom. The zero-order valence-electron chi connectivity index (χ0n) is 2.89. The molecule has 0 aromatic rings. The predicted octanol–water partition coefficient (Wildman–Crippen LogP) is 0.473. The van der Waals surface area contributed by atoms with Crippen molar-refractivity contribution in [2.45, 2.75) is 0 Å². The third kappa shape index (κ3) is 1630. The molecule has 0 aliphatic rings. The molecule has 0 rings (SSSR count). The van der Waals surface area contributed by atoms with Crippen molar-refractivity contribution in [3.63, 3.8) is 0 Å². The van der Waals surface area contributed by atoms with Crippen LogP contribution in [0.4, 0.5) is 17.3 Å². The minimum Gasteiger partial charge on any atom is -0.418 e. The van der Waals surface area contributed by atoms with Crippen LogP contribution in [-0.4, -0.2) is 12.7 Å². The molecule has 0 aliphatic heterocycles. The van der Waals surface area contributed by atoms with Gasteiger partial charge in [0.25, 0.3) is 0 Å². The number of rotatable bonds is 0. The van der Waals surface area contributed by atoms with E-state index in [2.05, 4.69) is 0 Å². The molecule has 0 radical (unpaired) electrons. The van der Waals surface area contributed by atoms with Crippen LogP contribution in [0.5, 0.6) is 0 Å². The van der Waals surface area contributed by atoms with E-state index in [1.807, 2.05) is 0 Å². The van der Waals surface area contributed by atoms with Gasteiger partial charge in [0, 0.05) is 0 Å². The van der Waals surface area contributed by atoms with E-state index in [-0.39, 0.29) is 22.5 Å². The second-order valence-corrected chi connectivity index (χ2v) is 0.495. The molecule has 0 aromatic heterocycles. The van der Waals surface area contributed by atoms with Crippen molar-refractivity contribution in [1.82, 2.24) is 0 Å². The van der Waals surface area contributed by atoms with E-state index in [1.54, 1.807) is 0 Å². The van der Waals surface area contributed by atoms with Crippen molar-refractivity contribution < 1.29 is 39.8 Å². The first-order valence-electron chi connectivity index (χ1n) is 0.873. The fourth-order valence-corrected chi connectivity index (χ4v) is 0. The van der Waals surface area contributed by atoms with E-state index in [9.17, 15) is 17.3 Å². The summed E-state index contributed by atoms with van der Waals surface area (Å²) in [6, 6.07) is 0. The van der Waals surface area contributed by atoms with Gasteiger partial charge in [-0.2, -0.15) is 0 Å². The molecular formula is H2BCuF4O. The maximum absolute atomic E-state index is 9.75. The summed E-state index contributed by atoms with van der Waals surface area (Å²) in [5.41, 5.74) is 0. The maximum atomic E-state index is 9.75. The Kier molecular flexibility index (Phi) is 9.91. The van der Waals surface area contributed by atoms with Crippen LogP contribution in [0.15, 0.2) is 0 Å². The fraction of sp³-hybridized carbons (Fsp3) is 0. The predicted molar refractivity (Wildman–Crippen MR) is 13.8 cm³/mol. The Bertz CT molecular complexity index is 27.2. The SMILES string of the molecule is F[B-](F)(F)F.O.[Cu+]. The molecule has 7 heteroatoms. The summed E-state index contributed by atoms with van der Waals surface area (Å²) in [6.45, 7) is 0. The minimum atomic E-state index is -6.00. The van der Waals surface area contributed by atoms with Gasteiger partial charge in [0.05, 0.1) is 0 Å². The summed E-state index contributed by atoms with van der Waals surface area (Å²) in [6.07, 6.45) is 0. The summed E-state index contributed by atoms with van der Waals surface area (Å²) >= 11 is 0. The summed E-state index contributed by atoms with van der Waals surface area (Å²) in [5.74, 6) is 0. The van der Waals surface area contributed by atoms with Gasteiger partial charge in [0.1, 0.15) is 0 Å². The Labute approximate surface area is 48.0 Å². The van der Waals surface area contributed by atoms with Crippen LogP contribution in [0.3, 0.4) is 0 Å². The normalized spacial score (nSPS) is 8.57. The van der Waals surface area contributed by atoms with Crippen molar-refractivity contribution in [3.05, 3.63) is 0 Å². The molecule has 0 aromatic carbocycles. The van der Waals surface area contributed by atoms with Crippen molar-refractivity contribution in [1.29, 1.82) is 0 Å². The number of hydrogen-bond donors (Lipinski definition) is 0. The van der Waals surface area contributed by atoms with Gasteiger partial charge in [-0.25, -0.2) is 0 Å². The Morgan fingerprint density at radius 1 is 0.857 bits per heavy atom. The van der Waals surface area contributed by atoms with Gasteiger partial charge in [-0.05, 0) is 0 Å². The third-order valence-electron chi connectivity index (χ3n) is 0. The van der Waals surface area contributed by atoms with Crippen LogP contribution in [0.25, 0.3) is 0 Å². The van der Waals surface area contributed by atoms with Gasteiger partial charge in [0.2, 0.25) is 0 Å². The molecule has 0 bridgehead atoms. The molecule has 0 atom stereocenters. The van der Waals surface area contributed by atoms with Gasteiger partial charge < -0.3 is 22.7 Å². The average Bonchev–Trinajstić information content (AvgIpc) is 0.722. The van der Waals surface area contributed by atoms with Crippen molar-refractivity contribution >= 4 is 7.25 Å². The topological polar surface area (TPSA) is 31.5 Å². The average molecular weight is 168 g/mol. The molecule has 0 saturated carbocycles. The fourth-order valence-electron chi connectivity index (χ4n) is 0. The van der Waals surface area contributed by atoms with Crippen LogP contribution < -0.4 is 0 Å². The van der Waals surface area contributed by atoms with E-state index in [4.69, 9.17) is 0 Å². The molecule has 7 heavy (non-hydrogen) atoms. The van der Waals surface area contributed by atoms with Gasteiger partial charge in [-0.15, -0.1) is 0 Å².